The summed E-state index contributed by atoms with van der Waals surface area (Å²) in [5.74, 6) is 0.486. The Morgan fingerprint density at radius 3 is 3.08 bits per heavy atom. The van der Waals surface area contributed by atoms with Crippen molar-refractivity contribution in [3.63, 3.8) is 0 Å². The van der Waals surface area contributed by atoms with Gasteiger partial charge in [-0.05, 0) is 31.6 Å². The summed E-state index contributed by atoms with van der Waals surface area (Å²) in [7, 11) is 0. The van der Waals surface area contributed by atoms with Crippen LogP contribution in [0.25, 0.3) is 0 Å². The van der Waals surface area contributed by atoms with E-state index in [0.717, 1.165) is 12.8 Å². The fraction of sp³-hybridized carbons (Fsp3) is 0.700. The van der Waals surface area contributed by atoms with Crippen molar-refractivity contribution >= 4 is 5.97 Å². The number of hydrogen-bond donors (Lipinski definition) is 0. The van der Waals surface area contributed by atoms with Crippen LogP contribution in [0.3, 0.4) is 0 Å². The molecule has 0 radical (unpaired) electrons. The molecule has 0 N–H and O–H groups in total. The largest absolute Gasteiger partial charge is 0.462 e. The minimum absolute atomic E-state index is 0.147. The topological polar surface area (TPSA) is 26.3 Å². The molecule has 0 saturated heterocycles. The highest BCUT2D eigenvalue weighted by Gasteiger charge is 2.39. The summed E-state index contributed by atoms with van der Waals surface area (Å²) in [4.78, 5) is 10.5. The van der Waals surface area contributed by atoms with Gasteiger partial charge in [0.25, 0.3) is 0 Å². The van der Waals surface area contributed by atoms with E-state index in [1.807, 2.05) is 6.08 Å². The molecule has 1 aliphatic carbocycles. The van der Waals surface area contributed by atoms with Crippen molar-refractivity contribution in [2.45, 2.75) is 38.7 Å². The van der Waals surface area contributed by atoms with Crippen LogP contribution < -0.4 is 0 Å². The van der Waals surface area contributed by atoms with Gasteiger partial charge in [0.1, 0.15) is 6.10 Å². The molecule has 2 nitrogen and oxygen atoms in total. The molecule has 0 amide bonds. The Bertz CT molecular complexity index is 175. The summed E-state index contributed by atoms with van der Waals surface area (Å²) in [6.45, 7) is 5.13. The number of ether oxygens (including phenoxy) is 1. The molecular weight excluding hydrogens is 152 g/mol. The highest BCUT2D eigenvalue weighted by molar-refractivity contribution is 5.66. The van der Waals surface area contributed by atoms with Crippen LogP contribution in [0.15, 0.2) is 12.7 Å². The lowest BCUT2D eigenvalue weighted by Gasteiger charge is -1.99. The van der Waals surface area contributed by atoms with Gasteiger partial charge in [0, 0.05) is 6.92 Å². The predicted octanol–water partition coefficient (Wildman–Crippen LogP) is 2.29. The number of carbonyl (C=O) groups excluding carboxylic acids is 1. The van der Waals surface area contributed by atoms with E-state index < -0.39 is 0 Å². The third-order valence-corrected chi connectivity index (χ3v) is 2.16. The van der Waals surface area contributed by atoms with Crippen LogP contribution in [0.4, 0.5) is 0 Å². The highest BCUT2D eigenvalue weighted by atomic mass is 16.5. The smallest absolute Gasteiger partial charge is 0.302 e. The van der Waals surface area contributed by atoms with E-state index in [2.05, 4.69) is 6.58 Å². The zero-order chi connectivity index (χ0) is 8.97. The molecule has 1 fully saturated rings. The van der Waals surface area contributed by atoms with Crippen molar-refractivity contribution in [1.29, 1.82) is 0 Å². The van der Waals surface area contributed by atoms with E-state index in [4.69, 9.17) is 4.74 Å². The van der Waals surface area contributed by atoms with Crippen molar-refractivity contribution < 1.29 is 9.53 Å². The standard InChI is InChI=1S/C10H16O2/c1-3-4-5-6-9-7-10(9)12-8(2)11/h3,9-10H,1,4-7H2,2H3/t9-,10-/m0/s1. The molecule has 2 heteroatoms. The van der Waals surface area contributed by atoms with E-state index >= 15 is 0 Å². The van der Waals surface area contributed by atoms with Gasteiger partial charge in [0.2, 0.25) is 0 Å². The Morgan fingerprint density at radius 2 is 2.50 bits per heavy atom. The first-order chi connectivity index (χ1) is 5.74. The number of carbonyl (C=O) groups is 1. The van der Waals surface area contributed by atoms with Crippen LogP contribution in [-0.2, 0) is 9.53 Å². The van der Waals surface area contributed by atoms with Gasteiger partial charge in [-0.15, -0.1) is 6.58 Å². The summed E-state index contributed by atoms with van der Waals surface area (Å²) in [6, 6.07) is 0. The van der Waals surface area contributed by atoms with Gasteiger partial charge in [0.15, 0.2) is 0 Å². The molecule has 1 rings (SSSR count). The number of allylic oxidation sites excluding steroid dienone is 1. The molecule has 1 saturated carbocycles. The van der Waals surface area contributed by atoms with E-state index in [9.17, 15) is 4.79 Å². The van der Waals surface area contributed by atoms with Crippen LogP contribution in [0.5, 0.6) is 0 Å². The molecule has 2 atom stereocenters. The monoisotopic (exact) mass is 168 g/mol. The summed E-state index contributed by atoms with van der Waals surface area (Å²) in [6.07, 6.45) is 6.64. The molecule has 0 aromatic carbocycles. The molecule has 0 aromatic rings. The van der Waals surface area contributed by atoms with Gasteiger partial charge in [-0.3, -0.25) is 4.79 Å². The first kappa shape index (κ1) is 9.30. The predicted molar refractivity (Wildman–Crippen MR) is 47.7 cm³/mol. The second-order valence-electron chi connectivity index (χ2n) is 3.36. The Morgan fingerprint density at radius 1 is 1.75 bits per heavy atom. The first-order valence-electron chi connectivity index (χ1n) is 4.52. The average Bonchev–Trinajstić information content (AvgIpc) is 2.67. The van der Waals surface area contributed by atoms with E-state index in [0.29, 0.717) is 5.92 Å². The highest BCUT2D eigenvalue weighted by Crippen LogP contribution is 2.37. The molecule has 0 spiro atoms. The van der Waals surface area contributed by atoms with Crippen molar-refractivity contribution in [3.05, 3.63) is 12.7 Å². The lowest BCUT2D eigenvalue weighted by Crippen LogP contribution is -2.02. The third-order valence-electron chi connectivity index (χ3n) is 2.16. The van der Waals surface area contributed by atoms with Gasteiger partial charge in [-0.1, -0.05) is 6.08 Å². The maximum atomic E-state index is 10.5. The minimum atomic E-state index is -0.147. The van der Waals surface area contributed by atoms with Gasteiger partial charge >= 0.3 is 5.97 Å². The summed E-state index contributed by atoms with van der Waals surface area (Å²) >= 11 is 0. The average molecular weight is 168 g/mol. The summed E-state index contributed by atoms with van der Waals surface area (Å²) in [5, 5.41) is 0. The summed E-state index contributed by atoms with van der Waals surface area (Å²) < 4.78 is 5.04. The lowest BCUT2D eigenvalue weighted by molar-refractivity contribution is -0.142. The Kier molecular flexibility index (Phi) is 3.32. The Labute approximate surface area is 73.6 Å². The SMILES string of the molecule is C=CCCC[C@H]1C[C@@H]1OC(C)=O. The number of unbranched alkanes of at least 4 members (excludes halogenated alkanes) is 1. The molecule has 68 valence electrons. The van der Waals surface area contributed by atoms with Crippen molar-refractivity contribution in [3.8, 4) is 0 Å². The fourth-order valence-electron chi connectivity index (χ4n) is 1.41. The second kappa shape index (κ2) is 4.29. The minimum Gasteiger partial charge on any atom is -0.462 e. The van der Waals surface area contributed by atoms with E-state index in [1.165, 1.54) is 19.8 Å². The number of rotatable bonds is 5. The lowest BCUT2D eigenvalue weighted by atomic mass is 10.2. The van der Waals surface area contributed by atoms with Gasteiger partial charge < -0.3 is 4.74 Å². The van der Waals surface area contributed by atoms with Crippen LogP contribution in [0.2, 0.25) is 0 Å². The molecule has 0 heterocycles. The molecular formula is C10H16O2. The van der Waals surface area contributed by atoms with Crippen LogP contribution in [0.1, 0.15) is 32.6 Å². The van der Waals surface area contributed by atoms with Gasteiger partial charge in [-0.25, -0.2) is 0 Å². The Balaban J connectivity index is 2.00. The van der Waals surface area contributed by atoms with Crippen molar-refractivity contribution in [2.75, 3.05) is 0 Å². The van der Waals surface area contributed by atoms with Gasteiger partial charge in [0.05, 0.1) is 0 Å². The van der Waals surface area contributed by atoms with E-state index in [-0.39, 0.29) is 12.1 Å². The quantitative estimate of drug-likeness (QED) is 0.357. The van der Waals surface area contributed by atoms with Crippen LogP contribution in [-0.4, -0.2) is 12.1 Å². The fourth-order valence-corrected chi connectivity index (χ4v) is 1.41. The maximum absolute atomic E-state index is 10.5. The van der Waals surface area contributed by atoms with E-state index in [1.54, 1.807) is 0 Å². The first-order valence-corrected chi connectivity index (χ1v) is 4.52. The molecule has 12 heavy (non-hydrogen) atoms. The second-order valence-corrected chi connectivity index (χ2v) is 3.36. The zero-order valence-corrected chi connectivity index (χ0v) is 7.58. The normalized spacial score (nSPS) is 26.4. The van der Waals surface area contributed by atoms with Crippen LogP contribution in [0, 0.1) is 5.92 Å². The van der Waals surface area contributed by atoms with Crippen molar-refractivity contribution in [1.82, 2.24) is 0 Å². The third kappa shape index (κ3) is 3.07. The molecule has 0 aliphatic heterocycles. The summed E-state index contributed by atoms with van der Waals surface area (Å²) in [5.41, 5.74) is 0. The molecule has 0 aromatic heterocycles. The van der Waals surface area contributed by atoms with Gasteiger partial charge in [-0.2, -0.15) is 0 Å². The van der Waals surface area contributed by atoms with Crippen LogP contribution >= 0.6 is 0 Å². The number of esters is 1. The van der Waals surface area contributed by atoms with Crippen molar-refractivity contribution in [2.24, 2.45) is 5.92 Å². The molecule has 1 aliphatic rings. The maximum Gasteiger partial charge on any atom is 0.302 e. The molecule has 0 unspecified atom stereocenters. The zero-order valence-electron chi connectivity index (χ0n) is 7.58. The molecule has 0 bridgehead atoms. The Hall–Kier alpha value is -0.790. The number of hydrogen-bond acceptors (Lipinski definition) is 2.